The van der Waals surface area contributed by atoms with Gasteiger partial charge in [0.2, 0.25) is 0 Å². The Bertz CT molecular complexity index is 745. The summed E-state index contributed by atoms with van der Waals surface area (Å²) in [6.45, 7) is 0. The minimum Gasteiger partial charge on any atom is -0.330 e. The summed E-state index contributed by atoms with van der Waals surface area (Å²) in [7, 11) is 0. The van der Waals surface area contributed by atoms with Crippen LogP contribution >= 0.6 is 0 Å². The molecule has 11 nitrogen and oxygen atoms in total. The topological polar surface area (TPSA) is 144 Å². The number of amides is 4. The highest BCUT2D eigenvalue weighted by Crippen LogP contribution is 2.15. The van der Waals surface area contributed by atoms with Gasteiger partial charge in [0, 0.05) is 51.4 Å². The van der Waals surface area contributed by atoms with Gasteiger partial charge < -0.3 is 9.68 Å². The molecular formula is C21H28N2O9. The predicted octanol–water partition coefficient (Wildman–Crippen LogP) is 1.67. The summed E-state index contributed by atoms with van der Waals surface area (Å²) in [4.78, 5) is 90.2. The Morgan fingerprint density at radius 1 is 0.531 bits per heavy atom. The lowest BCUT2D eigenvalue weighted by molar-refractivity contribution is -0.197. The summed E-state index contributed by atoms with van der Waals surface area (Å²) in [5, 5.41) is 1.05. The lowest BCUT2D eigenvalue weighted by Gasteiger charge is -2.12. The van der Waals surface area contributed by atoms with Gasteiger partial charge in [0.25, 0.3) is 23.6 Å². The van der Waals surface area contributed by atoms with Crippen LogP contribution in [0, 0.1) is 0 Å². The Morgan fingerprint density at radius 2 is 0.844 bits per heavy atom. The molecule has 2 saturated heterocycles. The highest BCUT2D eigenvalue weighted by molar-refractivity contribution is 6.02. The van der Waals surface area contributed by atoms with Crippen LogP contribution in [-0.2, 0) is 43.2 Å². The van der Waals surface area contributed by atoms with E-state index in [0.29, 0.717) is 55.1 Å². The van der Waals surface area contributed by atoms with E-state index in [1.165, 1.54) is 0 Å². The summed E-state index contributed by atoms with van der Waals surface area (Å²) in [6.07, 6.45) is 4.68. The van der Waals surface area contributed by atoms with Gasteiger partial charge >= 0.3 is 11.9 Å². The number of nitrogens with zero attached hydrogens (tertiary/aromatic N) is 2. The number of hydrogen-bond acceptors (Lipinski definition) is 9. The molecule has 176 valence electrons. The Morgan fingerprint density at radius 3 is 1.25 bits per heavy atom. The van der Waals surface area contributed by atoms with E-state index in [1.54, 1.807) is 0 Å². The van der Waals surface area contributed by atoms with Crippen LogP contribution in [0.3, 0.4) is 0 Å². The number of rotatable bonds is 14. The number of carbonyl (C=O) groups excluding carboxylic acids is 7. The minimum atomic E-state index is -0.668. The van der Waals surface area contributed by atoms with E-state index in [9.17, 15) is 33.6 Å². The maximum Gasteiger partial charge on any atom is 0.333 e. The maximum atomic E-state index is 11.9. The van der Waals surface area contributed by atoms with E-state index in [2.05, 4.69) is 0 Å². The van der Waals surface area contributed by atoms with Crippen molar-refractivity contribution in [2.24, 2.45) is 0 Å². The molecule has 0 bridgehead atoms. The van der Waals surface area contributed by atoms with E-state index < -0.39 is 35.6 Å². The normalized spacial score (nSPS) is 16.1. The Labute approximate surface area is 185 Å². The molecule has 2 fully saturated rings. The molecule has 2 aliphatic heterocycles. The SMILES string of the molecule is O=C(CCCCCCC(=O)ON1C(=O)CCC1=O)CCCCC(=O)ON1C(=O)CCC1=O. The first-order valence-corrected chi connectivity index (χ1v) is 10.9. The zero-order chi connectivity index (χ0) is 23.5. The van der Waals surface area contributed by atoms with Crippen LogP contribution in [0.5, 0.6) is 0 Å². The average molecular weight is 452 g/mol. The second kappa shape index (κ2) is 12.7. The number of unbranched alkanes of at least 4 members (excludes halogenated alkanes) is 4. The van der Waals surface area contributed by atoms with Gasteiger partial charge in [-0.2, -0.15) is 0 Å². The third kappa shape index (κ3) is 8.20. The van der Waals surface area contributed by atoms with Crippen molar-refractivity contribution in [3.05, 3.63) is 0 Å². The summed E-state index contributed by atoms with van der Waals surface area (Å²) >= 11 is 0. The van der Waals surface area contributed by atoms with E-state index in [4.69, 9.17) is 9.68 Å². The summed E-state index contributed by atoms with van der Waals surface area (Å²) in [5.41, 5.74) is 0. The molecule has 2 heterocycles. The van der Waals surface area contributed by atoms with Gasteiger partial charge in [-0.1, -0.05) is 12.8 Å². The molecular weight excluding hydrogens is 424 g/mol. The van der Waals surface area contributed by atoms with Gasteiger partial charge in [0.05, 0.1) is 0 Å². The molecule has 0 spiro atoms. The molecule has 32 heavy (non-hydrogen) atoms. The second-order valence-corrected chi connectivity index (χ2v) is 7.75. The van der Waals surface area contributed by atoms with Crippen LogP contribution in [0.15, 0.2) is 0 Å². The third-order valence-electron chi connectivity index (χ3n) is 5.07. The summed E-state index contributed by atoms with van der Waals surface area (Å²) < 4.78 is 0. The molecule has 0 aliphatic carbocycles. The fourth-order valence-electron chi connectivity index (χ4n) is 3.27. The molecule has 4 amide bonds. The largest absolute Gasteiger partial charge is 0.333 e. The average Bonchev–Trinajstić information content (AvgIpc) is 3.24. The monoisotopic (exact) mass is 452 g/mol. The number of Topliss-reactive ketones (excluding diaryl/α,β-unsaturated/α-hetero) is 1. The number of carbonyl (C=O) groups is 7. The lowest BCUT2D eigenvalue weighted by Crippen LogP contribution is -2.31. The van der Waals surface area contributed by atoms with Crippen molar-refractivity contribution >= 4 is 41.4 Å². The molecule has 0 aromatic heterocycles. The molecule has 0 saturated carbocycles. The van der Waals surface area contributed by atoms with Crippen LogP contribution in [0.2, 0.25) is 0 Å². The number of imide groups is 2. The number of hydrogen-bond donors (Lipinski definition) is 0. The first kappa shape index (κ1) is 25.2. The van der Waals surface area contributed by atoms with Crippen molar-refractivity contribution < 1.29 is 43.2 Å². The summed E-state index contributed by atoms with van der Waals surface area (Å²) in [6, 6.07) is 0. The van der Waals surface area contributed by atoms with Crippen molar-refractivity contribution in [3.63, 3.8) is 0 Å². The van der Waals surface area contributed by atoms with Gasteiger partial charge in [-0.3, -0.25) is 24.0 Å². The van der Waals surface area contributed by atoms with Gasteiger partial charge in [-0.25, -0.2) is 9.59 Å². The highest BCUT2D eigenvalue weighted by Gasteiger charge is 2.33. The van der Waals surface area contributed by atoms with Crippen molar-refractivity contribution in [2.45, 2.75) is 89.9 Å². The Kier molecular flexibility index (Phi) is 9.96. The first-order chi connectivity index (χ1) is 15.3. The van der Waals surface area contributed by atoms with Gasteiger partial charge in [-0.05, 0) is 25.7 Å². The third-order valence-corrected chi connectivity index (χ3v) is 5.07. The minimum absolute atomic E-state index is 0.0229. The van der Waals surface area contributed by atoms with E-state index in [-0.39, 0.29) is 44.3 Å². The van der Waals surface area contributed by atoms with Crippen LogP contribution in [0.1, 0.15) is 89.9 Å². The number of hydroxylamine groups is 4. The van der Waals surface area contributed by atoms with Crippen molar-refractivity contribution in [3.8, 4) is 0 Å². The number of ketones is 1. The molecule has 11 heteroatoms. The Balaban J connectivity index is 1.43. The zero-order valence-electron chi connectivity index (χ0n) is 18.0. The molecule has 2 rings (SSSR count). The molecule has 0 aromatic carbocycles. The van der Waals surface area contributed by atoms with Crippen LogP contribution < -0.4 is 0 Å². The second-order valence-electron chi connectivity index (χ2n) is 7.75. The van der Waals surface area contributed by atoms with Crippen molar-refractivity contribution in [1.82, 2.24) is 10.1 Å². The van der Waals surface area contributed by atoms with Gasteiger partial charge in [-0.15, -0.1) is 10.1 Å². The van der Waals surface area contributed by atoms with Crippen molar-refractivity contribution in [1.29, 1.82) is 0 Å². The van der Waals surface area contributed by atoms with Crippen LogP contribution in [0.4, 0.5) is 0 Å². The van der Waals surface area contributed by atoms with Crippen LogP contribution in [-0.4, -0.2) is 51.5 Å². The quantitative estimate of drug-likeness (QED) is 0.284. The molecule has 0 aromatic rings. The van der Waals surface area contributed by atoms with Gasteiger partial charge in [0.15, 0.2) is 0 Å². The van der Waals surface area contributed by atoms with Gasteiger partial charge in [0.1, 0.15) is 5.78 Å². The van der Waals surface area contributed by atoms with E-state index in [0.717, 1.165) is 6.42 Å². The van der Waals surface area contributed by atoms with Crippen LogP contribution in [0.25, 0.3) is 0 Å². The first-order valence-electron chi connectivity index (χ1n) is 10.9. The zero-order valence-corrected chi connectivity index (χ0v) is 18.0. The standard InChI is InChI=1S/C21H28N2O9/c24-15(8-5-6-10-21(30)32-23-18(27)13-14-19(23)28)7-3-1-2-4-9-20(29)31-22-16(25)11-12-17(22)26/h1-14H2. The fourth-order valence-corrected chi connectivity index (χ4v) is 3.27. The maximum absolute atomic E-state index is 11.9. The molecule has 0 N–H and O–H groups in total. The van der Waals surface area contributed by atoms with Crippen molar-refractivity contribution in [2.75, 3.05) is 0 Å². The molecule has 0 radical (unpaired) electrons. The lowest BCUT2D eigenvalue weighted by atomic mass is 10.0. The summed E-state index contributed by atoms with van der Waals surface area (Å²) in [5.74, 6) is -3.26. The molecule has 0 atom stereocenters. The Hall–Kier alpha value is -3.11. The molecule has 2 aliphatic rings. The molecule has 0 unspecified atom stereocenters. The smallest absolute Gasteiger partial charge is 0.330 e. The highest BCUT2D eigenvalue weighted by atomic mass is 16.7. The van der Waals surface area contributed by atoms with E-state index >= 15 is 0 Å². The van der Waals surface area contributed by atoms with E-state index in [1.807, 2.05) is 0 Å². The predicted molar refractivity (Wildman–Crippen MR) is 106 cm³/mol. The fraction of sp³-hybridized carbons (Fsp3) is 0.667.